The quantitative estimate of drug-likeness (QED) is 0.145. The van der Waals surface area contributed by atoms with Gasteiger partial charge in [-0.3, -0.25) is 0 Å². The molecule has 3 rings (SSSR count). The molecule has 0 aromatic heterocycles. The minimum Gasteiger partial charge on any atom is -0.492 e. The zero-order valence-electron chi connectivity index (χ0n) is 23.6. The molecule has 8 nitrogen and oxygen atoms in total. The number of urea groups is 1. The lowest BCUT2D eigenvalue weighted by atomic mass is 10.1. The molecule has 0 saturated carbocycles. The third-order valence-electron chi connectivity index (χ3n) is 6.24. The molecule has 0 aliphatic carbocycles. The summed E-state index contributed by atoms with van der Waals surface area (Å²) in [4.78, 5) is 25.8. The highest BCUT2D eigenvalue weighted by Crippen LogP contribution is 2.30. The molecule has 0 aliphatic rings. The molecule has 1 atom stereocenters. The van der Waals surface area contributed by atoms with Gasteiger partial charge in [0.05, 0.1) is 18.7 Å². The standard InChI is InChI=1S/C31H34F4N2O6/c1-2-42-28(29(38)39)19-22-9-13-27(14-10-22)43-18-16-37(15-4-17-41-21-23-7-11-25(32)12-8-23)30(40)36-26-6-3-5-24(20-26)31(33,34)35/h3,5-14,20,28H,2,4,15-19,21H2,1H3,(H,36,40)(H,38,39). The number of ether oxygens (including phenoxy) is 3. The molecular weight excluding hydrogens is 572 g/mol. The summed E-state index contributed by atoms with van der Waals surface area (Å²) in [7, 11) is 0. The maximum atomic E-state index is 13.1. The van der Waals surface area contributed by atoms with Gasteiger partial charge in [0.15, 0.2) is 6.10 Å². The number of rotatable bonds is 16. The zero-order valence-corrected chi connectivity index (χ0v) is 23.6. The van der Waals surface area contributed by atoms with E-state index in [1.54, 1.807) is 43.3 Å². The van der Waals surface area contributed by atoms with Crippen LogP contribution in [0.15, 0.2) is 72.8 Å². The molecule has 0 fully saturated rings. The van der Waals surface area contributed by atoms with Crippen molar-refractivity contribution in [1.82, 2.24) is 4.90 Å². The van der Waals surface area contributed by atoms with E-state index in [2.05, 4.69) is 5.32 Å². The molecule has 12 heteroatoms. The largest absolute Gasteiger partial charge is 0.492 e. The molecule has 0 radical (unpaired) electrons. The highest BCUT2D eigenvalue weighted by molar-refractivity contribution is 5.89. The maximum absolute atomic E-state index is 13.1. The van der Waals surface area contributed by atoms with Crippen molar-refractivity contribution in [3.8, 4) is 5.75 Å². The number of hydrogen-bond donors (Lipinski definition) is 2. The van der Waals surface area contributed by atoms with Crippen LogP contribution >= 0.6 is 0 Å². The summed E-state index contributed by atoms with van der Waals surface area (Å²) in [5.74, 6) is -0.905. The fourth-order valence-electron chi connectivity index (χ4n) is 4.05. The Hall–Kier alpha value is -4.16. The number of carbonyl (C=O) groups is 2. The van der Waals surface area contributed by atoms with Crippen molar-refractivity contribution < 1.29 is 46.5 Å². The maximum Gasteiger partial charge on any atom is 0.416 e. The Morgan fingerprint density at radius 3 is 2.30 bits per heavy atom. The van der Waals surface area contributed by atoms with Gasteiger partial charge in [-0.1, -0.05) is 30.3 Å². The van der Waals surface area contributed by atoms with Gasteiger partial charge in [-0.15, -0.1) is 0 Å². The van der Waals surface area contributed by atoms with E-state index in [-0.39, 0.29) is 57.4 Å². The number of nitrogens with one attached hydrogen (secondary N) is 1. The van der Waals surface area contributed by atoms with E-state index >= 15 is 0 Å². The second-order valence-corrected chi connectivity index (χ2v) is 9.51. The Kier molecular flexibility index (Phi) is 12.8. The summed E-state index contributed by atoms with van der Waals surface area (Å²) in [6, 6.07) is 16.4. The van der Waals surface area contributed by atoms with Gasteiger partial charge in [0, 0.05) is 31.9 Å². The van der Waals surface area contributed by atoms with E-state index in [0.717, 1.165) is 23.3 Å². The van der Waals surface area contributed by atoms with Crippen LogP contribution in [0.1, 0.15) is 30.0 Å². The highest BCUT2D eigenvalue weighted by Gasteiger charge is 2.30. The summed E-state index contributed by atoms with van der Waals surface area (Å²) < 4.78 is 69.1. The first-order chi connectivity index (χ1) is 20.5. The number of aliphatic carboxylic acids is 1. The molecule has 43 heavy (non-hydrogen) atoms. The van der Waals surface area contributed by atoms with E-state index in [9.17, 15) is 32.3 Å². The van der Waals surface area contributed by atoms with Gasteiger partial charge in [-0.2, -0.15) is 13.2 Å². The Morgan fingerprint density at radius 2 is 1.65 bits per heavy atom. The van der Waals surface area contributed by atoms with Crippen LogP contribution in [0.4, 0.5) is 28.0 Å². The van der Waals surface area contributed by atoms with Crippen LogP contribution in [-0.4, -0.2) is 61.0 Å². The van der Waals surface area contributed by atoms with Crippen molar-refractivity contribution >= 4 is 17.7 Å². The van der Waals surface area contributed by atoms with Gasteiger partial charge < -0.3 is 29.5 Å². The predicted octanol–water partition coefficient (Wildman–Crippen LogP) is 6.40. The van der Waals surface area contributed by atoms with Gasteiger partial charge in [-0.05, 0) is 66.9 Å². The smallest absolute Gasteiger partial charge is 0.416 e. The van der Waals surface area contributed by atoms with Crippen molar-refractivity contribution in [2.24, 2.45) is 0 Å². The first kappa shape index (κ1) is 33.3. The molecule has 0 bridgehead atoms. The summed E-state index contributed by atoms with van der Waals surface area (Å²) in [5.41, 5.74) is 0.654. The minimum absolute atomic E-state index is 0.000564. The molecule has 0 heterocycles. The van der Waals surface area contributed by atoms with Crippen molar-refractivity contribution in [2.75, 3.05) is 38.2 Å². The van der Waals surface area contributed by atoms with Crippen LogP contribution < -0.4 is 10.1 Å². The molecular formula is C31H34F4N2O6. The fraction of sp³-hybridized carbons (Fsp3) is 0.355. The van der Waals surface area contributed by atoms with E-state index in [4.69, 9.17) is 14.2 Å². The Bertz CT molecular complexity index is 1300. The van der Waals surface area contributed by atoms with Crippen LogP contribution in [-0.2, 0) is 33.5 Å². The van der Waals surface area contributed by atoms with Gasteiger partial charge in [0.2, 0.25) is 0 Å². The van der Waals surface area contributed by atoms with Crippen molar-refractivity contribution in [3.63, 3.8) is 0 Å². The molecule has 0 saturated heterocycles. The van der Waals surface area contributed by atoms with E-state index in [0.29, 0.717) is 12.2 Å². The SMILES string of the molecule is CCOC(Cc1ccc(OCCN(CCCOCc2ccc(F)cc2)C(=O)Nc2cccc(C(F)(F)F)c2)cc1)C(=O)O. The summed E-state index contributed by atoms with van der Waals surface area (Å²) >= 11 is 0. The number of carbonyl (C=O) groups excluding carboxylic acids is 1. The summed E-state index contributed by atoms with van der Waals surface area (Å²) in [6.07, 6.45) is -4.89. The molecule has 0 aliphatic heterocycles. The molecule has 0 spiro atoms. The van der Waals surface area contributed by atoms with Gasteiger partial charge >= 0.3 is 18.2 Å². The molecule has 3 aromatic rings. The Balaban J connectivity index is 1.57. The molecule has 232 valence electrons. The number of amides is 2. The average Bonchev–Trinajstić information content (AvgIpc) is 2.97. The first-order valence-electron chi connectivity index (χ1n) is 13.7. The van der Waals surface area contributed by atoms with Crippen molar-refractivity contribution in [1.29, 1.82) is 0 Å². The van der Waals surface area contributed by atoms with Crippen LogP contribution in [0.3, 0.4) is 0 Å². The number of hydrogen-bond acceptors (Lipinski definition) is 5. The van der Waals surface area contributed by atoms with Crippen LogP contribution in [0.2, 0.25) is 0 Å². The lowest BCUT2D eigenvalue weighted by molar-refractivity contribution is -0.150. The fourth-order valence-corrected chi connectivity index (χ4v) is 4.05. The lowest BCUT2D eigenvalue weighted by Gasteiger charge is -2.23. The second-order valence-electron chi connectivity index (χ2n) is 9.51. The third-order valence-corrected chi connectivity index (χ3v) is 6.24. The van der Waals surface area contributed by atoms with Gasteiger partial charge in [-0.25, -0.2) is 14.0 Å². The van der Waals surface area contributed by atoms with E-state index in [1.165, 1.54) is 29.2 Å². The molecule has 1 unspecified atom stereocenters. The monoisotopic (exact) mass is 606 g/mol. The van der Waals surface area contributed by atoms with Crippen molar-refractivity contribution in [2.45, 2.75) is 38.7 Å². The normalized spacial score (nSPS) is 12.0. The number of alkyl halides is 3. The number of benzene rings is 3. The topological polar surface area (TPSA) is 97.3 Å². The Labute approximate surface area is 247 Å². The first-order valence-corrected chi connectivity index (χ1v) is 13.7. The molecule has 2 amide bonds. The summed E-state index contributed by atoms with van der Waals surface area (Å²) in [5, 5.41) is 11.8. The van der Waals surface area contributed by atoms with Crippen LogP contribution in [0.25, 0.3) is 0 Å². The Morgan fingerprint density at radius 1 is 0.953 bits per heavy atom. The number of carboxylic acids is 1. The van der Waals surface area contributed by atoms with Crippen LogP contribution in [0.5, 0.6) is 5.75 Å². The molecule has 3 aromatic carbocycles. The second kappa shape index (κ2) is 16.5. The average molecular weight is 607 g/mol. The lowest BCUT2D eigenvalue weighted by Crippen LogP contribution is -2.39. The van der Waals surface area contributed by atoms with E-state index < -0.39 is 29.8 Å². The van der Waals surface area contributed by atoms with Crippen LogP contribution in [0, 0.1) is 5.82 Å². The molecule has 2 N–H and O–H groups in total. The third kappa shape index (κ3) is 11.6. The number of nitrogens with zero attached hydrogens (tertiary/aromatic N) is 1. The van der Waals surface area contributed by atoms with Gasteiger partial charge in [0.1, 0.15) is 18.2 Å². The predicted molar refractivity (Wildman–Crippen MR) is 151 cm³/mol. The minimum atomic E-state index is -4.55. The number of anilines is 1. The van der Waals surface area contributed by atoms with Crippen molar-refractivity contribution in [3.05, 3.63) is 95.3 Å². The summed E-state index contributed by atoms with van der Waals surface area (Å²) in [6.45, 7) is 2.97. The number of carboxylic acid groups (broad SMARTS) is 1. The zero-order chi connectivity index (χ0) is 31.2. The van der Waals surface area contributed by atoms with E-state index in [1.807, 2.05) is 0 Å². The highest BCUT2D eigenvalue weighted by atomic mass is 19.4. The van der Waals surface area contributed by atoms with Gasteiger partial charge in [0.25, 0.3) is 0 Å². The number of halogens is 4.